The molecule has 0 bridgehead atoms. The SMILES string of the molecule is CCc1cc(OC(=O)NCc2cccc([N+](=O)[O-])c2)c(N)s1. The van der Waals surface area contributed by atoms with Crippen LogP contribution in [-0.2, 0) is 13.0 Å². The Morgan fingerprint density at radius 1 is 1.45 bits per heavy atom. The Morgan fingerprint density at radius 2 is 2.23 bits per heavy atom. The van der Waals surface area contributed by atoms with Crippen LogP contribution < -0.4 is 15.8 Å². The highest BCUT2D eigenvalue weighted by Gasteiger charge is 2.12. The molecule has 22 heavy (non-hydrogen) atoms. The summed E-state index contributed by atoms with van der Waals surface area (Å²) in [4.78, 5) is 23.0. The van der Waals surface area contributed by atoms with Crippen molar-refractivity contribution in [3.63, 3.8) is 0 Å². The molecular formula is C14H15N3O4S. The summed E-state index contributed by atoms with van der Waals surface area (Å²) in [6, 6.07) is 7.76. The van der Waals surface area contributed by atoms with Gasteiger partial charge in [-0.05, 0) is 18.1 Å². The smallest absolute Gasteiger partial charge is 0.407 e. The number of carbonyl (C=O) groups is 1. The van der Waals surface area contributed by atoms with Crippen LogP contribution in [0.3, 0.4) is 0 Å². The molecule has 0 atom stereocenters. The van der Waals surface area contributed by atoms with E-state index in [9.17, 15) is 14.9 Å². The minimum Gasteiger partial charge on any atom is -0.407 e. The summed E-state index contributed by atoms with van der Waals surface area (Å²) in [6.45, 7) is 2.11. The van der Waals surface area contributed by atoms with Crippen LogP contribution >= 0.6 is 11.3 Å². The summed E-state index contributed by atoms with van der Waals surface area (Å²) in [6.07, 6.45) is 0.159. The molecule has 0 saturated heterocycles. The molecule has 0 saturated carbocycles. The minimum absolute atomic E-state index is 0.0256. The number of nitrogens with zero attached hydrogens (tertiary/aromatic N) is 1. The van der Waals surface area contributed by atoms with Crippen LogP contribution in [-0.4, -0.2) is 11.0 Å². The number of nitrogen functional groups attached to an aromatic ring is 1. The van der Waals surface area contributed by atoms with Crippen LogP contribution in [0.2, 0.25) is 0 Å². The van der Waals surface area contributed by atoms with Gasteiger partial charge in [-0.3, -0.25) is 10.1 Å². The lowest BCUT2D eigenvalue weighted by molar-refractivity contribution is -0.384. The van der Waals surface area contributed by atoms with Gasteiger partial charge in [0.05, 0.1) is 4.92 Å². The van der Waals surface area contributed by atoms with E-state index in [1.807, 2.05) is 6.92 Å². The molecule has 0 spiro atoms. The number of carbonyl (C=O) groups excluding carboxylic acids is 1. The van der Waals surface area contributed by atoms with Gasteiger partial charge in [0, 0.05) is 23.6 Å². The summed E-state index contributed by atoms with van der Waals surface area (Å²) in [7, 11) is 0. The average Bonchev–Trinajstić information content (AvgIpc) is 2.86. The molecule has 2 aromatic rings. The number of thiophene rings is 1. The molecule has 0 aliphatic heterocycles. The number of aryl methyl sites for hydroxylation is 1. The van der Waals surface area contributed by atoms with E-state index >= 15 is 0 Å². The second-order valence-electron chi connectivity index (χ2n) is 4.46. The number of benzene rings is 1. The predicted molar refractivity (Wildman–Crippen MR) is 84.1 cm³/mol. The van der Waals surface area contributed by atoms with Crippen LogP contribution in [0.1, 0.15) is 17.4 Å². The lowest BCUT2D eigenvalue weighted by Gasteiger charge is -2.06. The fourth-order valence-corrected chi connectivity index (χ4v) is 2.58. The van der Waals surface area contributed by atoms with Crippen molar-refractivity contribution in [3.8, 4) is 5.75 Å². The number of non-ortho nitro benzene ring substituents is 1. The summed E-state index contributed by atoms with van der Waals surface area (Å²) < 4.78 is 5.13. The van der Waals surface area contributed by atoms with E-state index in [-0.39, 0.29) is 12.2 Å². The number of nitro benzene ring substituents is 1. The van der Waals surface area contributed by atoms with Gasteiger partial charge in [0.1, 0.15) is 5.00 Å². The highest BCUT2D eigenvalue weighted by Crippen LogP contribution is 2.32. The van der Waals surface area contributed by atoms with Crippen LogP contribution in [0.25, 0.3) is 0 Å². The number of hydrogen-bond donors (Lipinski definition) is 2. The Hall–Kier alpha value is -2.61. The largest absolute Gasteiger partial charge is 0.412 e. The zero-order chi connectivity index (χ0) is 16.1. The van der Waals surface area contributed by atoms with Crippen LogP contribution in [0.15, 0.2) is 30.3 Å². The van der Waals surface area contributed by atoms with Gasteiger partial charge in [-0.15, -0.1) is 11.3 Å². The summed E-state index contributed by atoms with van der Waals surface area (Å²) >= 11 is 1.37. The van der Waals surface area contributed by atoms with Crippen molar-refractivity contribution in [3.05, 3.63) is 50.9 Å². The van der Waals surface area contributed by atoms with Gasteiger partial charge in [0.15, 0.2) is 5.75 Å². The van der Waals surface area contributed by atoms with Gasteiger partial charge < -0.3 is 15.8 Å². The predicted octanol–water partition coefficient (Wildman–Crippen LogP) is 3.09. The topological polar surface area (TPSA) is 107 Å². The minimum atomic E-state index is -0.654. The number of nitro groups is 1. The second kappa shape index (κ2) is 6.90. The van der Waals surface area contributed by atoms with Gasteiger partial charge >= 0.3 is 6.09 Å². The number of anilines is 1. The Morgan fingerprint density at radius 3 is 2.86 bits per heavy atom. The van der Waals surface area contributed by atoms with E-state index in [0.717, 1.165) is 11.3 Å². The molecule has 2 rings (SSSR count). The third kappa shape index (κ3) is 3.95. The third-order valence-electron chi connectivity index (χ3n) is 2.89. The molecule has 0 aliphatic carbocycles. The first-order valence-corrected chi connectivity index (χ1v) is 7.38. The van der Waals surface area contributed by atoms with Crippen molar-refractivity contribution in [2.75, 3.05) is 5.73 Å². The summed E-state index contributed by atoms with van der Waals surface area (Å²) in [5, 5.41) is 13.7. The Labute approximate surface area is 130 Å². The number of nitrogens with two attached hydrogens (primary N) is 1. The van der Waals surface area contributed by atoms with E-state index in [1.54, 1.807) is 18.2 Å². The van der Waals surface area contributed by atoms with Crippen molar-refractivity contribution >= 4 is 28.1 Å². The first-order valence-electron chi connectivity index (χ1n) is 6.56. The van der Waals surface area contributed by atoms with Crippen LogP contribution in [0.5, 0.6) is 5.75 Å². The molecule has 0 radical (unpaired) electrons. The summed E-state index contributed by atoms with van der Waals surface area (Å²) in [5.74, 6) is 0.332. The lowest BCUT2D eigenvalue weighted by atomic mass is 10.2. The van der Waals surface area contributed by atoms with Gasteiger partial charge in [0.25, 0.3) is 5.69 Å². The lowest BCUT2D eigenvalue weighted by Crippen LogP contribution is -2.26. The molecule has 0 aliphatic rings. The van der Waals surface area contributed by atoms with E-state index in [0.29, 0.717) is 16.3 Å². The average molecular weight is 321 g/mol. The van der Waals surface area contributed by atoms with E-state index in [4.69, 9.17) is 10.5 Å². The van der Waals surface area contributed by atoms with Gasteiger partial charge in [-0.1, -0.05) is 19.1 Å². The van der Waals surface area contributed by atoms with E-state index < -0.39 is 11.0 Å². The molecule has 0 fully saturated rings. The third-order valence-corrected chi connectivity index (χ3v) is 3.98. The maximum atomic E-state index is 11.7. The molecule has 1 heterocycles. The molecule has 1 aromatic heterocycles. The Bertz CT molecular complexity index is 699. The van der Waals surface area contributed by atoms with Crippen molar-refractivity contribution in [2.24, 2.45) is 0 Å². The maximum absolute atomic E-state index is 11.7. The zero-order valence-electron chi connectivity index (χ0n) is 11.9. The quantitative estimate of drug-likeness (QED) is 0.650. The molecule has 1 amide bonds. The highest BCUT2D eigenvalue weighted by molar-refractivity contribution is 7.16. The standard InChI is InChI=1S/C14H15N3O4S/c1-2-11-7-12(13(15)22-11)21-14(18)16-8-9-4-3-5-10(6-9)17(19)20/h3-7H,2,8,15H2,1H3,(H,16,18). The van der Waals surface area contributed by atoms with E-state index in [1.165, 1.54) is 23.5 Å². The molecule has 3 N–H and O–H groups in total. The summed E-state index contributed by atoms with van der Waals surface area (Å²) in [5.41, 5.74) is 6.35. The molecule has 116 valence electrons. The second-order valence-corrected chi connectivity index (χ2v) is 5.63. The normalized spacial score (nSPS) is 10.2. The van der Waals surface area contributed by atoms with Crippen molar-refractivity contribution in [1.82, 2.24) is 5.32 Å². The molecular weight excluding hydrogens is 306 g/mol. The number of ether oxygens (including phenoxy) is 1. The Balaban J connectivity index is 1.93. The van der Waals surface area contributed by atoms with E-state index in [2.05, 4.69) is 5.32 Å². The highest BCUT2D eigenvalue weighted by atomic mass is 32.1. The number of rotatable bonds is 5. The van der Waals surface area contributed by atoms with Gasteiger partial charge in [-0.25, -0.2) is 4.79 Å². The fourth-order valence-electron chi connectivity index (χ4n) is 1.78. The maximum Gasteiger partial charge on any atom is 0.412 e. The monoisotopic (exact) mass is 321 g/mol. The van der Waals surface area contributed by atoms with Crippen molar-refractivity contribution < 1.29 is 14.5 Å². The number of nitrogens with one attached hydrogen (secondary N) is 1. The van der Waals surface area contributed by atoms with Gasteiger partial charge in [-0.2, -0.15) is 0 Å². The zero-order valence-corrected chi connectivity index (χ0v) is 12.7. The molecule has 7 nitrogen and oxygen atoms in total. The number of amides is 1. The van der Waals surface area contributed by atoms with Crippen molar-refractivity contribution in [1.29, 1.82) is 0 Å². The van der Waals surface area contributed by atoms with Crippen molar-refractivity contribution in [2.45, 2.75) is 19.9 Å². The molecule has 1 aromatic carbocycles. The molecule has 0 unspecified atom stereocenters. The first-order chi connectivity index (χ1) is 10.5. The van der Waals surface area contributed by atoms with Crippen LogP contribution in [0, 0.1) is 10.1 Å². The van der Waals surface area contributed by atoms with Gasteiger partial charge in [0.2, 0.25) is 0 Å². The van der Waals surface area contributed by atoms with Crippen LogP contribution in [0.4, 0.5) is 15.5 Å². The number of hydrogen-bond acceptors (Lipinski definition) is 6. The first kappa shape index (κ1) is 15.8. The fraction of sp³-hybridized carbons (Fsp3) is 0.214. The molecule has 8 heteroatoms. The Kier molecular flexibility index (Phi) is 4.95.